The third-order valence-corrected chi connectivity index (χ3v) is 3.76. The first kappa shape index (κ1) is 15.6. The molecule has 0 amide bonds. The Hall–Kier alpha value is -2.29. The van der Waals surface area contributed by atoms with E-state index in [9.17, 15) is 8.78 Å². The molecule has 2 aromatic rings. The van der Waals surface area contributed by atoms with Gasteiger partial charge >= 0.3 is 0 Å². The molecule has 1 saturated heterocycles. The van der Waals surface area contributed by atoms with Crippen molar-refractivity contribution in [2.75, 3.05) is 13.2 Å². The molecular formula is C18H15F2NO2. The SMILES string of the molecule is N#Cc1ccc(-c2c(F)cc(CCC3OCCO3)cc2F)cc1. The Kier molecular flexibility index (Phi) is 4.65. The van der Waals surface area contributed by atoms with Gasteiger partial charge in [0.25, 0.3) is 0 Å². The topological polar surface area (TPSA) is 42.2 Å². The zero-order chi connectivity index (χ0) is 16.2. The molecule has 0 radical (unpaired) electrons. The zero-order valence-electron chi connectivity index (χ0n) is 12.4. The number of hydrogen-bond acceptors (Lipinski definition) is 3. The first-order valence-corrected chi connectivity index (χ1v) is 7.39. The second-order valence-corrected chi connectivity index (χ2v) is 5.33. The van der Waals surface area contributed by atoms with Gasteiger partial charge in [0.1, 0.15) is 11.6 Å². The summed E-state index contributed by atoms with van der Waals surface area (Å²) in [6, 6.07) is 10.8. The maximum atomic E-state index is 14.3. The van der Waals surface area contributed by atoms with Gasteiger partial charge in [-0.1, -0.05) is 12.1 Å². The Morgan fingerprint density at radius 1 is 1.04 bits per heavy atom. The molecule has 0 bridgehead atoms. The molecular weight excluding hydrogens is 300 g/mol. The predicted octanol–water partition coefficient (Wildman–Crippen LogP) is 3.81. The van der Waals surface area contributed by atoms with Crippen molar-refractivity contribution in [3.8, 4) is 17.2 Å². The molecule has 0 aromatic heterocycles. The summed E-state index contributed by atoms with van der Waals surface area (Å²) >= 11 is 0. The number of nitriles is 1. The molecule has 5 heteroatoms. The smallest absolute Gasteiger partial charge is 0.158 e. The molecule has 1 fully saturated rings. The van der Waals surface area contributed by atoms with Crippen LogP contribution in [0.4, 0.5) is 8.78 Å². The lowest BCUT2D eigenvalue weighted by molar-refractivity contribution is -0.0462. The molecule has 3 rings (SSSR count). The Morgan fingerprint density at radius 2 is 1.65 bits per heavy atom. The first-order valence-electron chi connectivity index (χ1n) is 7.39. The predicted molar refractivity (Wildman–Crippen MR) is 80.5 cm³/mol. The average molecular weight is 315 g/mol. The molecule has 0 aliphatic carbocycles. The molecule has 0 saturated carbocycles. The van der Waals surface area contributed by atoms with Crippen molar-refractivity contribution in [3.05, 3.63) is 59.2 Å². The van der Waals surface area contributed by atoms with E-state index in [2.05, 4.69) is 0 Å². The number of hydrogen-bond donors (Lipinski definition) is 0. The van der Waals surface area contributed by atoms with Crippen LogP contribution in [-0.2, 0) is 15.9 Å². The first-order chi connectivity index (χ1) is 11.2. The Labute approximate surface area is 133 Å². The highest BCUT2D eigenvalue weighted by atomic mass is 19.1. The second kappa shape index (κ2) is 6.86. The molecule has 1 aliphatic heterocycles. The summed E-state index contributed by atoms with van der Waals surface area (Å²) in [5, 5.41) is 8.77. The van der Waals surface area contributed by atoms with E-state index in [1.165, 1.54) is 24.3 Å². The van der Waals surface area contributed by atoms with Crippen molar-refractivity contribution < 1.29 is 18.3 Å². The van der Waals surface area contributed by atoms with Crippen molar-refractivity contribution in [2.24, 2.45) is 0 Å². The maximum Gasteiger partial charge on any atom is 0.158 e. The highest BCUT2D eigenvalue weighted by molar-refractivity contribution is 5.66. The second-order valence-electron chi connectivity index (χ2n) is 5.33. The molecule has 0 N–H and O–H groups in total. The molecule has 0 spiro atoms. The van der Waals surface area contributed by atoms with Crippen LogP contribution < -0.4 is 0 Å². The maximum absolute atomic E-state index is 14.3. The average Bonchev–Trinajstić information content (AvgIpc) is 3.06. The van der Waals surface area contributed by atoms with Gasteiger partial charge in [-0.05, 0) is 41.8 Å². The van der Waals surface area contributed by atoms with Crippen molar-refractivity contribution in [2.45, 2.75) is 19.1 Å². The van der Waals surface area contributed by atoms with Crippen LogP contribution in [0, 0.1) is 23.0 Å². The van der Waals surface area contributed by atoms with Crippen molar-refractivity contribution >= 4 is 0 Å². The fourth-order valence-corrected chi connectivity index (χ4v) is 2.62. The standard InChI is InChI=1S/C18H15F2NO2/c19-15-9-13(3-6-17-22-7-8-23-17)10-16(20)18(15)14-4-1-12(11-21)2-5-14/h1-2,4-5,9-10,17H,3,6-8H2. The van der Waals surface area contributed by atoms with Crippen LogP contribution in [0.25, 0.3) is 11.1 Å². The van der Waals surface area contributed by atoms with E-state index in [1.807, 2.05) is 6.07 Å². The number of ether oxygens (including phenoxy) is 2. The highest BCUT2D eigenvalue weighted by Crippen LogP contribution is 2.28. The molecule has 1 aliphatic rings. The summed E-state index contributed by atoms with van der Waals surface area (Å²) in [5.74, 6) is -1.23. The molecule has 3 nitrogen and oxygen atoms in total. The summed E-state index contributed by atoms with van der Waals surface area (Å²) in [7, 11) is 0. The fraction of sp³-hybridized carbons (Fsp3) is 0.278. The van der Waals surface area contributed by atoms with Gasteiger partial charge in [-0.3, -0.25) is 0 Å². The van der Waals surface area contributed by atoms with Crippen LogP contribution in [0.3, 0.4) is 0 Å². The minimum atomic E-state index is -0.613. The molecule has 0 unspecified atom stereocenters. The Bertz CT molecular complexity index is 709. The van der Waals surface area contributed by atoms with Gasteiger partial charge in [0.05, 0.1) is 30.4 Å². The molecule has 118 valence electrons. The van der Waals surface area contributed by atoms with Gasteiger partial charge in [-0.15, -0.1) is 0 Å². The third kappa shape index (κ3) is 3.55. The summed E-state index contributed by atoms with van der Waals surface area (Å²) in [6.45, 7) is 1.12. The van der Waals surface area contributed by atoms with Crippen LogP contribution >= 0.6 is 0 Å². The summed E-state index contributed by atoms with van der Waals surface area (Å²) in [6.07, 6.45) is 0.751. The lowest BCUT2D eigenvalue weighted by Crippen LogP contribution is -2.09. The van der Waals surface area contributed by atoms with E-state index in [1.54, 1.807) is 12.1 Å². The number of rotatable bonds is 4. The summed E-state index contributed by atoms with van der Waals surface area (Å²) < 4.78 is 39.3. The van der Waals surface area contributed by atoms with Crippen LogP contribution in [0.1, 0.15) is 17.5 Å². The van der Waals surface area contributed by atoms with Gasteiger partial charge in [0, 0.05) is 6.42 Å². The van der Waals surface area contributed by atoms with Gasteiger partial charge in [0.2, 0.25) is 0 Å². The molecule has 2 aromatic carbocycles. The van der Waals surface area contributed by atoms with Gasteiger partial charge in [-0.25, -0.2) is 8.78 Å². The van der Waals surface area contributed by atoms with Crippen LogP contribution in [-0.4, -0.2) is 19.5 Å². The van der Waals surface area contributed by atoms with E-state index < -0.39 is 11.6 Å². The fourth-order valence-electron chi connectivity index (χ4n) is 2.62. The van der Waals surface area contributed by atoms with Gasteiger partial charge < -0.3 is 9.47 Å². The quantitative estimate of drug-likeness (QED) is 0.861. The van der Waals surface area contributed by atoms with E-state index in [0.29, 0.717) is 42.7 Å². The number of benzene rings is 2. The lowest BCUT2D eigenvalue weighted by atomic mass is 9.99. The van der Waals surface area contributed by atoms with E-state index in [-0.39, 0.29) is 11.9 Å². The molecule has 1 heterocycles. The Balaban J connectivity index is 1.80. The molecule has 0 atom stereocenters. The minimum absolute atomic E-state index is 0.0772. The number of nitrogens with zero attached hydrogens (tertiary/aromatic N) is 1. The lowest BCUT2D eigenvalue weighted by Gasteiger charge is -2.11. The Morgan fingerprint density at radius 3 is 2.22 bits per heavy atom. The normalized spacial score (nSPS) is 14.8. The minimum Gasteiger partial charge on any atom is -0.350 e. The third-order valence-electron chi connectivity index (χ3n) is 3.76. The number of aryl methyl sites for hydroxylation is 1. The number of halogens is 2. The van der Waals surface area contributed by atoms with Crippen molar-refractivity contribution in [1.29, 1.82) is 5.26 Å². The highest BCUT2D eigenvalue weighted by Gasteiger charge is 2.17. The van der Waals surface area contributed by atoms with E-state index >= 15 is 0 Å². The van der Waals surface area contributed by atoms with Crippen molar-refractivity contribution in [1.82, 2.24) is 0 Å². The summed E-state index contributed by atoms with van der Waals surface area (Å²) in [5.41, 5.74) is 1.35. The van der Waals surface area contributed by atoms with Crippen LogP contribution in [0.2, 0.25) is 0 Å². The van der Waals surface area contributed by atoms with Crippen molar-refractivity contribution in [3.63, 3.8) is 0 Å². The van der Waals surface area contributed by atoms with E-state index in [0.717, 1.165) is 0 Å². The van der Waals surface area contributed by atoms with E-state index in [4.69, 9.17) is 14.7 Å². The zero-order valence-corrected chi connectivity index (χ0v) is 12.4. The summed E-state index contributed by atoms with van der Waals surface area (Å²) in [4.78, 5) is 0. The van der Waals surface area contributed by atoms with Crippen LogP contribution in [0.15, 0.2) is 36.4 Å². The monoisotopic (exact) mass is 315 g/mol. The van der Waals surface area contributed by atoms with Gasteiger partial charge in [0.15, 0.2) is 6.29 Å². The molecule has 23 heavy (non-hydrogen) atoms. The van der Waals surface area contributed by atoms with Gasteiger partial charge in [-0.2, -0.15) is 5.26 Å². The largest absolute Gasteiger partial charge is 0.350 e. The van der Waals surface area contributed by atoms with Crippen LogP contribution in [0.5, 0.6) is 0 Å².